The number of nitrogens with two attached hydrogens (primary N) is 1. The molecule has 0 aliphatic carbocycles. The Morgan fingerprint density at radius 2 is 2.00 bits per heavy atom. The number of benzene rings is 1. The van der Waals surface area contributed by atoms with Gasteiger partial charge in [-0.25, -0.2) is 0 Å². The lowest BCUT2D eigenvalue weighted by Gasteiger charge is -2.35. The van der Waals surface area contributed by atoms with Crippen LogP contribution in [0.5, 0.6) is 0 Å². The number of hydrogen-bond donors (Lipinski definition) is 1. The number of likely N-dealkylation sites (tertiary alicyclic amines) is 1. The Kier molecular flexibility index (Phi) is 4.10. The van der Waals surface area contributed by atoms with Crippen LogP contribution in [0.3, 0.4) is 0 Å². The van der Waals surface area contributed by atoms with Gasteiger partial charge >= 0.3 is 0 Å². The van der Waals surface area contributed by atoms with Crippen LogP contribution < -0.4 is 5.73 Å². The number of hydrogen-bond acceptors (Lipinski definition) is 3. The van der Waals surface area contributed by atoms with Gasteiger partial charge in [-0.05, 0) is 57.6 Å². The fraction of sp³-hybridized carbons (Fsp3) is 0.533. The van der Waals surface area contributed by atoms with Gasteiger partial charge in [0.1, 0.15) is 0 Å². The maximum atomic E-state index is 12.6. The van der Waals surface area contributed by atoms with Crippen LogP contribution in [0.15, 0.2) is 18.2 Å². The highest BCUT2D eigenvalue weighted by Crippen LogP contribution is 2.21. The summed E-state index contributed by atoms with van der Waals surface area (Å²) in [5, 5.41) is 0. The molecule has 0 atom stereocenters. The molecule has 1 aromatic carbocycles. The quantitative estimate of drug-likeness (QED) is 0.825. The zero-order chi connectivity index (χ0) is 14.0. The van der Waals surface area contributed by atoms with Gasteiger partial charge in [0.2, 0.25) is 0 Å². The van der Waals surface area contributed by atoms with E-state index in [1.54, 1.807) is 0 Å². The van der Waals surface area contributed by atoms with Gasteiger partial charge < -0.3 is 15.5 Å². The average molecular weight is 261 g/mol. The zero-order valence-corrected chi connectivity index (χ0v) is 12.0. The summed E-state index contributed by atoms with van der Waals surface area (Å²) in [7, 11) is 4.03. The second-order valence-corrected chi connectivity index (χ2v) is 5.47. The van der Waals surface area contributed by atoms with Crippen LogP contribution >= 0.6 is 0 Å². The van der Waals surface area contributed by atoms with Crippen molar-refractivity contribution in [2.24, 2.45) is 0 Å². The third kappa shape index (κ3) is 2.89. The first-order chi connectivity index (χ1) is 9.00. The number of anilines is 1. The van der Waals surface area contributed by atoms with Crippen LogP contribution in [0.1, 0.15) is 28.8 Å². The topological polar surface area (TPSA) is 49.6 Å². The number of nitrogen functional groups attached to an aromatic ring is 1. The highest BCUT2D eigenvalue weighted by Gasteiger charge is 2.25. The van der Waals surface area contributed by atoms with E-state index in [9.17, 15) is 4.79 Å². The Bertz CT molecular complexity index is 464. The first kappa shape index (κ1) is 13.9. The maximum Gasteiger partial charge on any atom is 0.254 e. The van der Waals surface area contributed by atoms with E-state index in [1.165, 1.54) is 0 Å². The van der Waals surface area contributed by atoms with Gasteiger partial charge in [-0.2, -0.15) is 0 Å². The highest BCUT2D eigenvalue weighted by atomic mass is 16.2. The molecule has 0 radical (unpaired) electrons. The van der Waals surface area contributed by atoms with Gasteiger partial charge in [0.15, 0.2) is 0 Å². The van der Waals surface area contributed by atoms with Gasteiger partial charge in [-0.15, -0.1) is 0 Å². The first-order valence-corrected chi connectivity index (χ1v) is 6.81. The minimum Gasteiger partial charge on any atom is -0.398 e. The third-order valence-corrected chi connectivity index (χ3v) is 4.16. The first-order valence-electron chi connectivity index (χ1n) is 6.81. The number of nitrogens with zero attached hydrogens (tertiary/aromatic N) is 2. The summed E-state index contributed by atoms with van der Waals surface area (Å²) in [5.74, 6) is 0.0827. The van der Waals surface area contributed by atoms with Gasteiger partial charge in [-0.1, -0.05) is 6.07 Å². The fourth-order valence-corrected chi connectivity index (χ4v) is 2.62. The molecule has 1 fully saturated rings. The minimum atomic E-state index is 0.0827. The molecule has 2 rings (SSSR count). The van der Waals surface area contributed by atoms with Crippen molar-refractivity contribution in [1.82, 2.24) is 9.80 Å². The normalized spacial score (nSPS) is 17.4. The Morgan fingerprint density at radius 3 is 2.63 bits per heavy atom. The van der Waals surface area contributed by atoms with E-state index in [-0.39, 0.29) is 5.91 Å². The van der Waals surface area contributed by atoms with E-state index in [0.29, 0.717) is 11.7 Å². The molecule has 0 aromatic heterocycles. The molecule has 1 aliphatic heterocycles. The fourth-order valence-electron chi connectivity index (χ4n) is 2.62. The predicted molar refractivity (Wildman–Crippen MR) is 78.2 cm³/mol. The summed E-state index contributed by atoms with van der Waals surface area (Å²) in [6.07, 6.45) is 2.08. The second-order valence-electron chi connectivity index (χ2n) is 5.47. The molecule has 2 N–H and O–H groups in total. The number of rotatable bonds is 2. The molecule has 0 unspecified atom stereocenters. The van der Waals surface area contributed by atoms with Gasteiger partial charge in [0.25, 0.3) is 5.91 Å². The van der Waals surface area contributed by atoms with Crippen molar-refractivity contribution < 1.29 is 4.79 Å². The van der Waals surface area contributed by atoms with Crippen LogP contribution in [0.2, 0.25) is 0 Å². The molecule has 1 heterocycles. The standard InChI is InChI=1S/C15H23N3O/c1-11-13(5-4-6-14(11)16)15(19)18(3)12-7-9-17(2)10-8-12/h4-6,12H,7-10,16H2,1-3H3. The van der Waals surface area contributed by atoms with Gasteiger partial charge in [0, 0.05) is 24.3 Å². The van der Waals surface area contributed by atoms with E-state index in [2.05, 4.69) is 11.9 Å². The molecule has 4 nitrogen and oxygen atoms in total. The Hall–Kier alpha value is -1.55. The lowest BCUT2D eigenvalue weighted by Crippen LogP contribution is -2.44. The molecular formula is C15H23N3O. The Labute approximate surface area is 115 Å². The van der Waals surface area contributed by atoms with Crippen molar-refractivity contribution in [2.75, 3.05) is 32.9 Å². The molecule has 1 amide bonds. The van der Waals surface area contributed by atoms with E-state index in [0.717, 1.165) is 37.1 Å². The molecule has 4 heteroatoms. The van der Waals surface area contributed by atoms with Crippen LogP contribution in [0.25, 0.3) is 0 Å². The molecule has 0 spiro atoms. The summed E-state index contributed by atoms with van der Waals surface area (Å²) in [5.41, 5.74) is 8.17. The third-order valence-electron chi connectivity index (χ3n) is 4.16. The molecule has 0 bridgehead atoms. The van der Waals surface area contributed by atoms with E-state index >= 15 is 0 Å². The van der Waals surface area contributed by atoms with Crippen molar-refractivity contribution in [2.45, 2.75) is 25.8 Å². The van der Waals surface area contributed by atoms with E-state index < -0.39 is 0 Å². The van der Waals surface area contributed by atoms with Gasteiger partial charge in [0.05, 0.1) is 0 Å². The number of amides is 1. The van der Waals surface area contributed by atoms with E-state index in [1.807, 2.05) is 37.1 Å². The van der Waals surface area contributed by atoms with Crippen molar-refractivity contribution >= 4 is 11.6 Å². The predicted octanol–water partition coefficient (Wildman–Crippen LogP) is 1.74. The molecule has 19 heavy (non-hydrogen) atoms. The van der Waals surface area contributed by atoms with Crippen LogP contribution in [0.4, 0.5) is 5.69 Å². The Morgan fingerprint density at radius 1 is 1.37 bits per heavy atom. The number of carbonyl (C=O) groups excluding carboxylic acids is 1. The summed E-state index contributed by atoms with van der Waals surface area (Å²) < 4.78 is 0. The largest absolute Gasteiger partial charge is 0.398 e. The number of piperidine rings is 1. The smallest absolute Gasteiger partial charge is 0.254 e. The molecule has 1 aromatic rings. The maximum absolute atomic E-state index is 12.6. The Balaban J connectivity index is 2.13. The summed E-state index contributed by atoms with van der Waals surface area (Å²) >= 11 is 0. The van der Waals surface area contributed by atoms with Crippen molar-refractivity contribution in [3.8, 4) is 0 Å². The van der Waals surface area contributed by atoms with Crippen LogP contribution in [-0.2, 0) is 0 Å². The molecule has 1 saturated heterocycles. The molecule has 0 saturated carbocycles. The highest BCUT2D eigenvalue weighted by molar-refractivity contribution is 5.96. The van der Waals surface area contributed by atoms with Crippen LogP contribution in [0, 0.1) is 6.92 Å². The lowest BCUT2D eigenvalue weighted by molar-refractivity contribution is 0.0659. The summed E-state index contributed by atoms with van der Waals surface area (Å²) in [4.78, 5) is 16.7. The van der Waals surface area contributed by atoms with Crippen molar-refractivity contribution in [3.63, 3.8) is 0 Å². The monoisotopic (exact) mass is 261 g/mol. The summed E-state index contributed by atoms with van der Waals surface area (Å²) in [6.45, 7) is 4.02. The van der Waals surface area contributed by atoms with E-state index in [4.69, 9.17) is 5.73 Å². The molecule has 1 aliphatic rings. The van der Waals surface area contributed by atoms with Gasteiger partial charge in [-0.3, -0.25) is 4.79 Å². The lowest BCUT2D eigenvalue weighted by atomic mass is 10.0. The van der Waals surface area contributed by atoms with Crippen LogP contribution in [-0.4, -0.2) is 48.9 Å². The molecule has 104 valence electrons. The van der Waals surface area contributed by atoms with Crippen molar-refractivity contribution in [1.29, 1.82) is 0 Å². The minimum absolute atomic E-state index is 0.0827. The average Bonchev–Trinajstić information content (AvgIpc) is 2.41. The second kappa shape index (κ2) is 5.61. The SMILES string of the molecule is Cc1c(N)cccc1C(=O)N(C)C1CCN(C)CC1. The zero-order valence-electron chi connectivity index (χ0n) is 12.0. The summed E-state index contributed by atoms with van der Waals surface area (Å²) in [6, 6.07) is 5.88. The van der Waals surface area contributed by atoms with Crippen molar-refractivity contribution in [3.05, 3.63) is 29.3 Å². The molecular weight excluding hydrogens is 238 g/mol. The number of carbonyl (C=O) groups is 1.